The van der Waals surface area contributed by atoms with E-state index in [-0.39, 0.29) is 18.4 Å². The number of piperazine rings is 1. The van der Waals surface area contributed by atoms with Crippen LogP contribution < -0.4 is 5.32 Å². The lowest BCUT2D eigenvalue weighted by Gasteiger charge is -2.34. The molecule has 2 amide bonds. The summed E-state index contributed by atoms with van der Waals surface area (Å²) in [5.41, 5.74) is 2.41. The highest BCUT2D eigenvalue weighted by atomic mass is 32.1. The zero-order valence-corrected chi connectivity index (χ0v) is 17.0. The molecular formula is C21H24N4O2S. The van der Waals surface area contributed by atoms with Crippen molar-refractivity contribution in [2.24, 2.45) is 0 Å². The van der Waals surface area contributed by atoms with Crippen LogP contribution in [0.2, 0.25) is 0 Å². The first-order valence-electron chi connectivity index (χ1n) is 9.37. The summed E-state index contributed by atoms with van der Waals surface area (Å²) in [6.45, 7) is 7.02. The molecule has 7 heteroatoms. The first-order valence-corrected chi connectivity index (χ1v) is 10.2. The number of amides is 2. The maximum atomic E-state index is 12.7. The van der Waals surface area contributed by atoms with Crippen LogP contribution in [0.3, 0.4) is 0 Å². The standard InChI is InChI=1S/C21H24N4O2S/c1-15(2)16-3-5-17(6-4-16)21(27)25-10-8-24(9-11-25)14-19(26)23-20-18(13-22)7-12-28-20/h3-7,12,15H,8-11,14H2,1-2H3,(H,23,26). The van der Waals surface area contributed by atoms with E-state index in [1.807, 2.05) is 34.1 Å². The van der Waals surface area contributed by atoms with E-state index in [2.05, 4.69) is 25.2 Å². The molecule has 28 heavy (non-hydrogen) atoms. The molecule has 3 rings (SSSR count). The quantitative estimate of drug-likeness (QED) is 0.842. The molecule has 2 aromatic rings. The third-order valence-corrected chi connectivity index (χ3v) is 5.72. The van der Waals surface area contributed by atoms with Gasteiger partial charge >= 0.3 is 0 Å². The number of nitrogens with one attached hydrogen (secondary N) is 1. The minimum absolute atomic E-state index is 0.0386. The molecule has 1 saturated heterocycles. The first-order chi connectivity index (χ1) is 13.5. The normalized spacial score (nSPS) is 14.7. The largest absolute Gasteiger partial charge is 0.336 e. The predicted molar refractivity (Wildman–Crippen MR) is 111 cm³/mol. The number of benzene rings is 1. The Labute approximate surface area is 169 Å². The second kappa shape index (κ2) is 9.00. The molecule has 1 aliphatic heterocycles. The fraction of sp³-hybridized carbons (Fsp3) is 0.381. The number of nitriles is 1. The molecule has 1 N–H and O–H groups in total. The van der Waals surface area contributed by atoms with Gasteiger partial charge in [0, 0.05) is 31.7 Å². The lowest BCUT2D eigenvalue weighted by Crippen LogP contribution is -2.50. The van der Waals surface area contributed by atoms with Crippen LogP contribution in [0.5, 0.6) is 0 Å². The Balaban J connectivity index is 1.49. The number of anilines is 1. The van der Waals surface area contributed by atoms with Gasteiger partial charge in [-0.1, -0.05) is 26.0 Å². The number of nitrogens with zero attached hydrogens (tertiary/aromatic N) is 3. The Morgan fingerprint density at radius 2 is 1.82 bits per heavy atom. The van der Waals surface area contributed by atoms with Gasteiger partial charge < -0.3 is 10.2 Å². The summed E-state index contributed by atoms with van der Waals surface area (Å²) < 4.78 is 0. The average molecular weight is 397 g/mol. The molecular weight excluding hydrogens is 372 g/mol. The summed E-state index contributed by atoms with van der Waals surface area (Å²) in [7, 11) is 0. The molecule has 0 aliphatic carbocycles. The lowest BCUT2D eigenvalue weighted by atomic mass is 10.0. The van der Waals surface area contributed by atoms with E-state index in [4.69, 9.17) is 5.26 Å². The monoisotopic (exact) mass is 396 g/mol. The molecule has 0 bridgehead atoms. The highest BCUT2D eigenvalue weighted by Gasteiger charge is 2.23. The van der Waals surface area contributed by atoms with Gasteiger partial charge in [0.25, 0.3) is 5.91 Å². The predicted octanol–water partition coefficient (Wildman–Crippen LogP) is 3.14. The Bertz CT molecular complexity index is 875. The number of thiophene rings is 1. The van der Waals surface area contributed by atoms with Crippen molar-refractivity contribution in [3.8, 4) is 6.07 Å². The molecule has 1 aromatic carbocycles. The summed E-state index contributed by atoms with van der Waals surface area (Å²) in [6, 6.07) is 11.6. The maximum Gasteiger partial charge on any atom is 0.253 e. The van der Waals surface area contributed by atoms with Crippen LogP contribution in [0, 0.1) is 11.3 Å². The summed E-state index contributed by atoms with van der Waals surface area (Å²) in [5, 5.41) is 14.2. The van der Waals surface area contributed by atoms with Crippen molar-refractivity contribution < 1.29 is 9.59 Å². The fourth-order valence-corrected chi connectivity index (χ4v) is 3.92. The molecule has 0 saturated carbocycles. The van der Waals surface area contributed by atoms with E-state index in [0.29, 0.717) is 48.2 Å². The highest BCUT2D eigenvalue weighted by Crippen LogP contribution is 2.22. The van der Waals surface area contributed by atoms with Crippen LogP contribution in [-0.2, 0) is 4.79 Å². The highest BCUT2D eigenvalue weighted by molar-refractivity contribution is 7.14. The van der Waals surface area contributed by atoms with Gasteiger partial charge in [0.05, 0.1) is 12.1 Å². The second-order valence-corrected chi connectivity index (χ2v) is 8.08. The van der Waals surface area contributed by atoms with Crippen molar-refractivity contribution >= 4 is 28.2 Å². The van der Waals surface area contributed by atoms with E-state index in [1.165, 1.54) is 16.9 Å². The van der Waals surface area contributed by atoms with Crippen LogP contribution in [0.15, 0.2) is 35.7 Å². The number of carbonyl (C=O) groups is 2. The van der Waals surface area contributed by atoms with Gasteiger partial charge in [-0.2, -0.15) is 5.26 Å². The number of hydrogen-bond donors (Lipinski definition) is 1. The van der Waals surface area contributed by atoms with Gasteiger partial charge in [-0.3, -0.25) is 14.5 Å². The minimum Gasteiger partial charge on any atom is -0.336 e. The Morgan fingerprint density at radius 1 is 1.14 bits per heavy atom. The Hall–Kier alpha value is -2.69. The van der Waals surface area contributed by atoms with Crippen molar-refractivity contribution in [2.75, 3.05) is 38.0 Å². The van der Waals surface area contributed by atoms with Crippen LogP contribution in [0.1, 0.15) is 41.3 Å². The van der Waals surface area contributed by atoms with E-state index < -0.39 is 0 Å². The Kier molecular flexibility index (Phi) is 6.45. The van der Waals surface area contributed by atoms with Gasteiger partial charge in [-0.15, -0.1) is 11.3 Å². The second-order valence-electron chi connectivity index (χ2n) is 7.17. The van der Waals surface area contributed by atoms with Gasteiger partial charge in [0.1, 0.15) is 11.1 Å². The Morgan fingerprint density at radius 3 is 2.43 bits per heavy atom. The van der Waals surface area contributed by atoms with Crippen molar-refractivity contribution in [2.45, 2.75) is 19.8 Å². The van der Waals surface area contributed by atoms with E-state index in [1.54, 1.807) is 11.4 Å². The molecule has 1 aromatic heterocycles. The topological polar surface area (TPSA) is 76.4 Å². The van der Waals surface area contributed by atoms with E-state index >= 15 is 0 Å². The lowest BCUT2D eigenvalue weighted by molar-refractivity contribution is -0.117. The average Bonchev–Trinajstić information content (AvgIpc) is 3.15. The molecule has 0 radical (unpaired) electrons. The van der Waals surface area contributed by atoms with Gasteiger partial charge in [0.15, 0.2) is 0 Å². The summed E-state index contributed by atoms with van der Waals surface area (Å²) in [4.78, 5) is 28.8. The minimum atomic E-state index is -0.136. The molecule has 0 spiro atoms. The number of rotatable bonds is 5. The van der Waals surface area contributed by atoms with Crippen molar-refractivity contribution in [3.05, 3.63) is 52.4 Å². The first kappa shape index (κ1) is 20.1. The molecule has 0 unspecified atom stereocenters. The van der Waals surface area contributed by atoms with Crippen molar-refractivity contribution in [1.82, 2.24) is 9.80 Å². The van der Waals surface area contributed by atoms with Crippen LogP contribution in [-0.4, -0.2) is 54.3 Å². The molecule has 6 nitrogen and oxygen atoms in total. The summed E-state index contributed by atoms with van der Waals surface area (Å²) in [6.07, 6.45) is 0. The SMILES string of the molecule is CC(C)c1ccc(C(=O)N2CCN(CC(=O)Nc3sccc3C#N)CC2)cc1. The van der Waals surface area contributed by atoms with E-state index in [0.717, 1.165) is 0 Å². The zero-order chi connectivity index (χ0) is 20.1. The summed E-state index contributed by atoms with van der Waals surface area (Å²) >= 11 is 1.34. The third kappa shape index (κ3) is 4.77. The van der Waals surface area contributed by atoms with Crippen LogP contribution in [0.25, 0.3) is 0 Å². The van der Waals surface area contributed by atoms with Crippen molar-refractivity contribution in [1.29, 1.82) is 5.26 Å². The van der Waals surface area contributed by atoms with Crippen LogP contribution in [0.4, 0.5) is 5.00 Å². The van der Waals surface area contributed by atoms with E-state index in [9.17, 15) is 9.59 Å². The zero-order valence-electron chi connectivity index (χ0n) is 16.1. The van der Waals surface area contributed by atoms with Crippen molar-refractivity contribution in [3.63, 3.8) is 0 Å². The number of carbonyl (C=O) groups excluding carboxylic acids is 2. The summed E-state index contributed by atoms with van der Waals surface area (Å²) in [5.74, 6) is 0.344. The smallest absolute Gasteiger partial charge is 0.253 e. The maximum absolute atomic E-state index is 12.7. The van der Waals surface area contributed by atoms with Gasteiger partial charge in [-0.05, 0) is 35.1 Å². The number of hydrogen-bond acceptors (Lipinski definition) is 5. The molecule has 2 heterocycles. The molecule has 1 fully saturated rings. The fourth-order valence-electron chi connectivity index (χ4n) is 3.17. The van der Waals surface area contributed by atoms with Gasteiger partial charge in [0.2, 0.25) is 5.91 Å². The van der Waals surface area contributed by atoms with Crippen LogP contribution >= 0.6 is 11.3 Å². The molecule has 146 valence electrons. The van der Waals surface area contributed by atoms with Gasteiger partial charge in [-0.25, -0.2) is 0 Å². The third-order valence-electron chi connectivity index (χ3n) is 4.89. The molecule has 0 atom stereocenters. The molecule has 1 aliphatic rings.